The summed E-state index contributed by atoms with van der Waals surface area (Å²) in [6.45, 7) is 1.40. The highest BCUT2D eigenvalue weighted by Gasteiger charge is 2.16. The number of carbonyl (C=O) groups excluding carboxylic acids is 2. The van der Waals surface area contributed by atoms with Gasteiger partial charge in [-0.25, -0.2) is 8.78 Å². The molecule has 0 saturated carbocycles. The molecule has 0 spiro atoms. The zero-order chi connectivity index (χ0) is 22.9. The summed E-state index contributed by atoms with van der Waals surface area (Å²) in [5, 5.41) is 0. The van der Waals surface area contributed by atoms with Gasteiger partial charge >= 0.3 is 0 Å². The van der Waals surface area contributed by atoms with E-state index in [1.807, 2.05) is 0 Å². The Labute approximate surface area is 182 Å². The van der Waals surface area contributed by atoms with Gasteiger partial charge in [0.05, 0.1) is 6.20 Å². The van der Waals surface area contributed by atoms with E-state index < -0.39 is 29.6 Å². The zero-order valence-electron chi connectivity index (χ0n) is 16.9. The van der Waals surface area contributed by atoms with Crippen LogP contribution in [0, 0.1) is 11.6 Å². The SMILES string of the molecule is CC(Oc1ccccc1F)C(=O)NNC(=O)/C=C/c1ccc(Oc2cccnc2)c(F)c1. The maximum absolute atomic E-state index is 14.2. The van der Waals surface area contributed by atoms with Crippen molar-refractivity contribution in [2.75, 3.05) is 0 Å². The molecule has 164 valence electrons. The Balaban J connectivity index is 1.50. The van der Waals surface area contributed by atoms with Crippen LogP contribution in [0.1, 0.15) is 12.5 Å². The lowest BCUT2D eigenvalue weighted by atomic mass is 10.2. The van der Waals surface area contributed by atoms with Crippen LogP contribution in [0.2, 0.25) is 0 Å². The predicted octanol–water partition coefficient (Wildman–Crippen LogP) is 3.78. The minimum Gasteiger partial charge on any atom is -0.478 e. The van der Waals surface area contributed by atoms with E-state index in [1.54, 1.807) is 30.5 Å². The first-order valence-electron chi connectivity index (χ1n) is 9.49. The molecule has 2 amide bonds. The molecule has 1 unspecified atom stereocenters. The number of hydrogen-bond acceptors (Lipinski definition) is 5. The van der Waals surface area contributed by atoms with Crippen LogP contribution in [-0.4, -0.2) is 22.9 Å². The van der Waals surface area contributed by atoms with Gasteiger partial charge < -0.3 is 9.47 Å². The van der Waals surface area contributed by atoms with Crippen LogP contribution in [0.4, 0.5) is 8.78 Å². The van der Waals surface area contributed by atoms with E-state index in [1.165, 1.54) is 49.5 Å². The number of pyridine rings is 1. The lowest BCUT2D eigenvalue weighted by Crippen LogP contribution is -2.46. The lowest BCUT2D eigenvalue weighted by molar-refractivity contribution is -0.131. The minimum absolute atomic E-state index is 0.00991. The molecule has 9 heteroatoms. The Bertz CT molecular complexity index is 1120. The van der Waals surface area contributed by atoms with Crippen molar-refractivity contribution in [3.63, 3.8) is 0 Å². The van der Waals surface area contributed by atoms with E-state index in [9.17, 15) is 18.4 Å². The third kappa shape index (κ3) is 6.36. The maximum Gasteiger partial charge on any atom is 0.279 e. The number of ether oxygens (including phenoxy) is 2. The fourth-order valence-electron chi connectivity index (χ4n) is 2.46. The van der Waals surface area contributed by atoms with E-state index in [2.05, 4.69) is 15.8 Å². The molecule has 1 aromatic heterocycles. The fourth-order valence-corrected chi connectivity index (χ4v) is 2.46. The number of para-hydroxylation sites is 1. The number of carbonyl (C=O) groups is 2. The van der Waals surface area contributed by atoms with Gasteiger partial charge in [0.15, 0.2) is 29.2 Å². The molecule has 7 nitrogen and oxygen atoms in total. The van der Waals surface area contributed by atoms with Crippen LogP contribution in [-0.2, 0) is 9.59 Å². The highest BCUT2D eigenvalue weighted by Crippen LogP contribution is 2.24. The van der Waals surface area contributed by atoms with Crippen molar-refractivity contribution >= 4 is 17.9 Å². The quantitative estimate of drug-likeness (QED) is 0.432. The highest BCUT2D eigenvalue weighted by molar-refractivity contribution is 5.93. The summed E-state index contributed by atoms with van der Waals surface area (Å²) in [4.78, 5) is 27.8. The van der Waals surface area contributed by atoms with Crippen LogP contribution in [0.3, 0.4) is 0 Å². The van der Waals surface area contributed by atoms with Gasteiger partial charge in [-0.3, -0.25) is 25.4 Å². The molecule has 0 saturated heterocycles. The molecular weight excluding hydrogens is 420 g/mol. The van der Waals surface area contributed by atoms with Gasteiger partial charge in [-0.1, -0.05) is 18.2 Å². The standard InChI is InChI=1S/C23H19F2N3O4/c1-15(31-20-7-3-2-6-18(20)24)23(30)28-27-22(29)11-9-16-8-10-21(19(25)13-16)32-17-5-4-12-26-14-17/h2-15H,1H3,(H,27,29)(H,28,30)/b11-9+. The monoisotopic (exact) mass is 439 g/mol. The van der Waals surface area contributed by atoms with Crippen LogP contribution < -0.4 is 20.3 Å². The zero-order valence-corrected chi connectivity index (χ0v) is 16.9. The fraction of sp³-hybridized carbons (Fsp3) is 0.0870. The van der Waals surface area contributed by atoms with Crippen molar-refractivity contribution < 1.29 is 27.8 Å². The van der Waals surface area contributed by atoms with Crippen LogP contribution in [0.15, 0.2) is 73.1 Å². The summed E-state index contributed by atoms with van der Waals surface area (Å²) < 4.78 is 38.4. The second-order valence-electron chi connectivity index (χ2n) is 6.48. The molecule has 0 aliphatic carbocycles. The van der Waals surface area contributed by atoms with Gasteiger partial charge in [-0.15, -0.1) is 0 Å². The Morgan fingerprint density at radius 3 is 2.53 bits per heavy atom. The van der Waals surface area contributed by atoms with Gasteiger partial charge in [0.25, 0.3) is 11.8 Å². The number of rotatable bonds is 7. The van der Waals surface area contributed by atoms with E-state index in [0.717, 1.165) is 6.08 Å². The Morgan fingerprint density at radius 1 is 1.00 bits per heavy atom. The third-order valence-corrected chi connectivity index (χ3v) is 4.06. The average molecular weight is 439 g/mol. The highest BCUT2D eigenvalue weighted by atomic mass is 19.1. The summed E-state index contributed by atoms with van der Waals surface area (Å²) in [5.74, 6) is -2.26. The van der Waals surface area contributed by atoms with E-state index in [-0.39, 0.29) is 11.5 Å². The summed E-state index contributed by atoms with van der Waals surface area (Å²) in [7, 11) is 0. The molecule has 0 aliphatic rings. The molecule has 0 bridgehead atoms. The van der Waals surface area contributed by atoms with Crippen molar-refractivity contribution in [2.24, 2.45) is 0 Å². The molecule has 3 rings (SSSR count). The Kier molecular flexibility index (Phi) is 7.47. The van der Waals surface area contributed by atoms with Crippen LogP contribution in [0.25, 0.3) is 6.08 Å². The van der Waals surface area contributed by atoms with Crippen molar-refractivity contribution in [1.29, 1.82) is 0 Å². The molecule has 0 fully saturated rings. The van der Waals surface area contributed by atoms with Gasteiger partial charge in [0.2, 0.25) is 0 Å². The number of hydrazine groups is 1. The average Bonchev–Trinajstić information content (AvgIpc) is 2.79. The van der Waals surface area contributed by atoms with Crippen LogP contribution >= 0.6 is 0 Å². The van der Waals surface area contributed by atoms with Gasteiger partial charge in [-0.05, 0) is 55.0 Å². The predicted molar refractivity (Wildman–Crippen MR) is 113 cm³/mol. The summed E-state index contributed by atoms with van der Waals surface area (Å²) in [6.07, 6.45) is 4.43. The van der Waals surface area contributed by atoms with Gasteiger partial charge in [0.1, 0.15) is 5.75 Å². The van der Waals surface area contributed by atoms with E-state index in [4.69, 9.17) is 9.47 Å². The first kappa shape index (κ1) is 22.4. The molecule has 1 heterocycles. The smallest absolute Gasteiger partial charge is 0.279 e. The molecule has 2 aromatic carbocycles. The molecule has 32 heavy (non-hydrogen) atoms. The number of hydrogen-bond donors (Lipinski definition) is 2. The number of nitrogens with one attached hydrogen (secondary N) is 2. The van der Waals surface area contributed by atoms with E-state index >= 15 is 0 Å². The second-order valence-corrected chi connectivity index (χ2v) is 6.48. The molecular formula is C23H19F2N3O4. The first-order valence-corrected chi connectivity index (χ1v) is 9.49. The molecule has 2 N–H and O–H groups in total. The summed E-state index contributed by atoms with van der Waals surface area (Å²) in [6, 6.07) is 13.1. The Hall–Kier alpha value is -4.27. The lowest BCUT2D eigenvalue weighted by Gasteiger charge is -2.15. The van der Waals surface area contributed by atoms with E-state index in [0.29, 0.717) is 11.3 Å². The minimum atomic E-state index is -1.06. The number of amides is 2. The first-order chi connectivity index (χ1) is 15.4. The normalized spacial score (nSPS) is 11.6. The third-order valence-electron chi connectivity index (χ3n) is 4.06. The number of benzene rings is 2. The molecule has 1 atom stereocenters. The maximum atomic E-state index is 14.2. The van der Waals surface area contributed by atoms with Gasteiger partial charge in [0, 0.05) is 12.3 Å². The van der Waals surface area contributed by atoms with Crippen LogP contribution in [0.5, 0.6) is 17.2 Å². The second kappa shape index (κ2) is 10.7. The topological polar surface area (TPSA) is 89.6 Å². The number of halogens is 2. The van der Waals surface area contributed by atoms with Crippen molar-refractivity contribution in [1.82, 2.24) is 15.8 Å². The largest absolute Gasteiger partial charge is 0.478 e. The molecule has 0 aliphatic heterocycles. The van der Waals surface area contributed by atoms with Crippen molar-refractivity contribution in [3.05, 3.63) is 90.3 Å². The number of aromatic nitrogens is 1. The molecule has 3 aromatic rings. The summed E-state index contributed by atoms with van der Waals surface area (Å²) in [5.41, 5.74) is 4.74. The van der Waals surface area contributed by atoms with Gasteiger partial charge in [-0.2, -0.15) is 0 Å². The molecule has 0 radical (unpaired) electrons. The summed E-state index contributed by atoms with van der Waals surface area (Å²) >= 11 is 0. The van der Waals surface area contributed by atoms with Crippen molar-refractivity contribution in [2.45, 2.75) is 13.0 Å². The number of nitrogens with zero attached hydrogens (tertiary/aromatic N) is 1. The van der Waals surface area contributed by atoms with Crippen molar-refractivity contribution in [3.8, 4) is 17.2 Å². The Morgan fingerprint density at radius 2 is 1.81 bits per heavy atom.